The zero-order valence-corrected chi connectivity index (χ0v) is 10.7. The zero-order chi connectivity index (χ0) is 13.0. The van der Waals surface area contributed by atoms with Crippen LogP contribution in [0.25, 0.3) is 0 Å². The number of ether oxygens (including phenoxy) is 1. The smallest absolute Gasteiger partial charge is 0.119 e. The lowest BCUT2D eigenvalue weighted by atomic mass is 10.1. The van der Waals surface area contributed by atoms with Crippen molar-refractivity contribution in [3.8, 4) is 5.75 Å². The molecule has 0 aromatic heterocycles. The van der Waals surface area contributed by atoms with Crippen molar-refractivity contribution in [2.75, 3.05) is 33.4 Å². The predicted octanol–water partition coefficient (Wildman–Crippen LogP) is 1.04. The minimum absolute atomic E-state index is 0.242. The monoisotopic (exact) mass is 251 g/mol. The van der Waals surface area contributed by atoms with Crippen LogP contribution >= 0.6 is 0 Å². The summed E-state index contributed by atoms with van der Waals surface area (Å²) in [4.78, 5) is 2.20. The van der Waals surface area contributed by atoms with E-state index in [9.17, 15) is 5.11 Å². The Bertz CT molecular complexity index is 383. The number of nitrogens with zero attached hydrogens (tertiary/aromatic N) is 1. The van der Waals surface area contributed by atoms with Gasteiger partial charge in [0.2, 0.25) is 0 Å². The number of hydrogen-bond acceptors (Lipinski definition) is 4. The van der Waals surface area contributed by atoms with E-state index in [2.05, 4.69) is 4.90 Å². The number of β-amino-alcohol motifs (C(OH)–C–C–N with tert-alkyl or cyclic N) is 1. The zero-order valence-electron chi connectivity index (χ0n) is 10.7. The molecule has 0 radical (unpaired) electrons. The number of rotatable bonds is 5. The van der Waals surface area contributed by atoms with Crippen LogP contribution in [0, 0.1) is 5.92 Å². The molecule has 1 fully saturated rings. The second-order valence-electron chi connectivity index (χ2n) is 4.89. The highest BCUT2D eigenvalue weighted by molar-refractivity contribution is 5.29. The molecule has 0 saturated carbocycles. The average molecular weight is 251 g/mol. The molecule has 1 aromatic rings. The SMILES string of the molecule is COc1cccc(C(O)CN2CCC(CO)C2)c1. The summed E-state index contributed by atoms with van der Waals surface area (Å²) in [7, 11) is 1.62. The van der Waals surface area contributed by atoms with Crippen LogP contribution in [0.1, 0.15) is 18.1 Å². The Morgan fingerprint density at radius 3 is 3.00 bits per heavy atom. The summed E-state index contributed by atoms with van der Waals surface area (Å²) >= 11 is 0. The van der Waals surface area contributed by atoms with Crippen LogP contribution in [0.5, 0.6) is 5.75 Å². The van der Waals surface area contributed by atoms with Gasteiger partial charge in [-0.1, -0.05) is 12.1 Å². The molecule has 0 aliphatic carbocycles. The molecular formula is C14H21NO3. The lowest BCUT2D eigenvalue weighted by Crippen LogP contribution is -2.27. The van der Waals surface area contributed by atoms with Crippen molar-refractivity contribution in [3.63, 3.8) is 0 Å². The standard InChI is InChI=1S/C14H21NO3/c1-18-13-4-2-3-12(7-13)14(17)9-15-6-5-11(8-15)10-16/h2-4,7,11,14,16-17H,5-6,8-10H2,1H3. The quantitative estimate of drug-likeness (QED) is 0.821. The highest BCUT2D eigenvalue weighted by Crippen LogP contribution is 2.22. The fourth-order valence-electron chi connectivity index (χ4n) is 2.43. The van der Waals surface area contributed by atoms with Crippen LogP contribution in [0.3, 0.4) is 0 Å². The number of hydrogen-bond donors (Lipinski definition) is 2. The molecule has 2 rings (SSSR count). The molecule has 4 heteroatoms. The van der Waals surface area contributed by atoms with E-state index < -0.39 is 6.10 Å². The molecule has 2 N–H and O–H groups in total. The van der Waals surface area contributed by atoms with Gasteiger partial charge in [-0.3, -0.25) is 0 Å². The molecule has 0 amide bonds. The first kappa shape index (κ1) is 13.3. The number of aliphatic hydroxyl groups is 2. The average Bonchev–Trinajstić information content (AvgIpc) is 2.86. The lowest BCUT2D eigenvalue weighted by Gasteiger charge is -2.20. The minimum atomic E-state index is -0.502. The molecule has 1 aliphatic rings. The van der Waals surface area contributed by atoms with E-state index in [0.717, 1.165) is 30.8 Å². The van der Waals surface area contributed by atoms with Crippen LogP contribution < -0.4 is 4.74 Å². The van der Waals surface area contributed by atoms with Gasteiger partial charge in [0.25, 0.3) is 0 Å². The van der Waals surface area contributed by atoms with Gasteiger partial charge in [0.15, 0.2) is 0 Å². The minimum Gasteiger partial charge on any atom is -0.497 e. The van der Waals surface area contributed by atoms with Gasteiger partial charge in [-0.05, 0) is 36.6 Å². The molecule has 2 atom stereocenters. The Labute approximate surface area is 108 Å². The van der Waals surface area contributed by atoms with Crippen LogP contribution in [0.2, 0.25) is 0 Å². The third kappa shape index (κ3) is 3.22. The first-order valence-electron chi connectivity index (χ1n) is 6.38. The molecule has 2 unspecified atom stereocenters. The van der Waals surface area contributed by atoms with Gasteiger partial charge in [-0.2, -0.15) is 0 Å². The second-order valence-corrected chi connectivity index (χ2v) is 4.89. The summed E-state index contributed by atoms with van der Waals surface area (Å²) < 4.78 is 5.15. The number of benzene rings is 1. The van der Waals surface area contributed by atoms with Crippen molar-refractivity contribution in [3.05, 3.63) is 29.8 Å². The fraction of sp³-hybridized carbons (Fsp3) is 0.571. The van der Waals surface area contributed by atoms with Crippen LogP contribution in [0.4, 0.5) is 0 Å². The van der Waals surface area contributed by atoms with E-state index in [-0.39, 0.29) is 6.61 Å². The summed E-state index contributed by atoms with van der Waals surface area (Å²) in [6.45, 7) is 2.68. The Balaban J connectivity index is 1.93. The molecule has 1 saturated heterocycles. The Morgan fingerprint density at radius 1 is 1.50 bits per heavy atom. The second kappa shape index (κ2) is 6.18. The van der Waals surface area contributed by atoms with Crippen molar-refractivity contribution in [1.29, 1.82) is 0 Å². The molecule has 0 bridgehead atoms. The maximum absolute atomic E-state index is 10.2. The Morgan fingerprint density at radius 2 is 2.33 bits per heavy atom. The Hall–Kier alpha value is -1.10. The fourth-order valence-corrected chi connectivity index (χ4v) is 2.43. The van der Waals surface area contributed by atoms with Crippen molar-refractivity contribution in [2.24, 2.45) is 5.92 Å². The molecule has 1 aromatic carbocycles. The third-order valence-electron chi connectivity index (χ3n) is 3.54. The van der Waals surface area contributed by atoms with Gasteiger partial charge in [0.05, 0.1) is 13.2 Å². The Kier molecular flexibility index (Phi) is 4.58. The van der Waals surface area contributed by atoms with Crippen molar-refractivity contribution < 1.29 is 14.9 Å². The van der Waals surface area contributed by atoms with E-state index >= 15 is 0 Å². The van der Waals surface area contributed by atoms with Gasteiger partial charge >= 0.3 is 0 Å². The normalized spacial score (nSPS) is 22.1. The lowest BCUT2D eigenvalue weighted by molar-refractivity contribution is 0.121. The summed E-state index contributed by atoms with van der Waals surface area (Å²) in [5.74, 6) is 1.13. The van der Waals surface area contributed by atoms with Crippen molar-refractivity contribution >= 4 is 0 Å². The summed E-state index contributed by atoms with van der Waals surface area (Å²) in [5, 5.41) is 19.3. The van der Waals surface area contributed by atoms with Gasteiger partial charge < -0.3 is 19.8 Å². The predicted molar refractivity (Wildman–Crippen MR) is 69.6 cm³/mol. The van der Waals surface area contributed by atoms with E-state index in [1.807, 2.05) is 24.3 Å². The molecule has 18 heavy (non-hydrogen) atoms. The maximum atomic E-state index is 10.2. The summed E-state index contributed by atoms with van der Waals surface area (Å²) in [5.41, 5.74) is 0.877. The summed E-state index contributed by atoms with van der Waals surface area (Å²) in [6, 6.07) is 7.53. The molecule has 4 nitrogen and oxygen atoms in total. The van der Waals surface area contributed by atoms with Gasteiger partial charge in [0.1, 0.15) is 5.75 Å². The number of aliphatic hydroxyl groups excluding tert-OH is 2. The maximum Gasteiger partial charge on any atom is 0.119 e. The van der Waals surface area contributed by atoms with Crippen LogP contribution in [-0.4, -0.2) is 48.5 Å². The van der Waals surface area contributed by atoms with Gasteiger partial charge in [0, 0.05) is 19.7 Å². The molecular weight excluding hydrogens is 230 g/mol. The van der Waals surface area contributed by atoms with E-state index in [4.69, 9.17) is 9.84 Å². The molecule has 1 aliphatic heterocycles. The van der Waals surface area contributed by atoms with Gasteiger partial charge in [-0.25, -0.2) is 0 Å². The summed E-state index contributed by atoms with van der Waals surface area (Å²) in [6.07, 6.45) is 0.513. The number of likely N-dealkylation sites (tertiary alicyclic amines) is 1. The van der Waals surface area contributed by atoms with Crippen molar-refractivity contribution in [2.45, 2.75) is 12.5 Å². The van der Waals surface area contributed by atoms with E-state index in [1.54, 1.807) is 7.11 Å². The molecule has 1 heterocycles. The highest BCUT2D eigenvalue weighted by Gasteiger charge is 2.23. The molecule has 0 spiro atoms. The van der Waals surface area contributed by atoms with Crippen LogP contribution in [0.15, 0.2) is 24.3 Å². The van der Waals surface area contributed by atoms with E-state index in [0.29, 0.717) is 12.5 Å². The highest BCUT2D eigenvalue weighted by atomic mass is 16.5. The van der Waals surface area contributed by atoms with Gasteiger partial charge in [-0.15, -0.1) is 0 Å². The molecule has 100 valence electrons. The first-order valence-corrected chi connectivity index (χ1v) is 6.38. The topological polar surface area (TPSA) is 52.9 Å². The number of methoxy groups -OCH3 is 1. The van der Waals surface area contributed by atoms with Crippen LogP contribution in [-0.2, 0) is 0 Å². The third-order valence-corrected chi connectivity index (χ3v) is 3.54. The largest absolute Gasteiger partial charge is 0.497 e. The van der Waals surface area contributed by atoms with Crippen molar-refractivity contribution in [1.82, 2.24) is 4.90 Å². The van der Waals surface area contributed by atoms with E-state index in [1.165, 1.54) is 0 Å². The first-order chi connectivity index (χ1) is 8.72.